The first-order valence-electron chi connectivity index (χ1n) is 5.57. The van der Waals surface area contributed by atoms with Crippen molar-refractivity contribution in [3.8, 4) is 0 Å². The molecule has 2 nitrogen and oxygen atoms in total. The van der Waals surface area contributed by atoms with Crippen LogP contribution in [0.25, 0.3) is 0 Å². The highest BCUT2D eigenvalue weighted by Crippen LogP contribution is 2.13. The van der Waals surface area contributed by atoms with Crippen LogP contribution in [0.3, 0.4) is 0 Å². The summed E-state index contributed by atoms with van der Waals surface area (Å²) in [6, 6.07) is 8.88. The van der Waals surface area contributed by atoms with Crippen molar-refractivity contribution in [3.63, 3.8) is 0 Å². The number of rotatable bonds is 3. The van der Waals surface area contributed by atoms with Gasteiger partial charge >= 0.3 is 0 Å². The van der Waals surface area contributed by atoms with Crippen molar-refractivity contribution in [2.24, 2.45) is 0 Å². The molecule has 0 aliphatic carbocycles. The third-order valence-corrected chi connectivity index (χ3v) is 4.75. The fraction of sp³-hybridized carbons (Fsp3) is 0.500. The van der Waals surface area contributed by atoms with E-state index in [9.17, 15) is 4.21 Å². The van der Waals surface area contributed by atoms with E-state index in [1.54, 1.807) is 0 Å². The smallest absolute Gasteiger partial charge is 0.0249 e. The molecule has 0 spiro atoms. The van der Waals surface area contributed by atoms with E-state index >= 15 is 0 Å². The summed E-state index contributed by atoms with van der Waals surface area (Å²) in [5.74, 6) is 1.71. The van der Waals surface area contributed by atoms with Gasteiger partial charge in [-0.1, -0.05) is 28.1 Å². The average Bonchev–Trinajstić information content (AvgIpc) is 2.28. The largest absolute Gasteiger partial charge is 0.310 e. The van der Waals surface area contributed by atoms with Gasteiger partial charge in [-0.05, 0) is 30.5 Å². The van der Waals surface area contributed by atoms with E-state index in [0.717, 1.165) is 35.4 Å². The van der Waals surface area contributed by atoms with E-state index in [-0.39, 0.29) is 0 Å². The molecule has 1 heterocycles. The Morgan fingerprint density at radius 1 is 1.38 bits per heavy atom. The minimum absolute atomic E-state index is 0.539. The van der Waals surface area contributed by atoms with Crippen LogP contribution in [-0.2, 0) is 17.3 Å². The predicted molar refractivity (Wildman–Crippen MR) is 71.9 cm³/mol. The molecule has 88 valence electrons. The van der Waals surface area contributed by atoms with Crippen molar-refractivity contribution >= 4 is 26.7 Å². The molecule has 0 unspecified atom stereocenters. The molecule has 4 heteroatoms. The van der Waals surface area contributed by atoms with Gasteiger partial charge < -0.3 is 5.32 Å². The molecular formula is C12H16BrNOS. The van der Waals surface area contributed by atoms with E-state index in [4.69, 9.17) is 0 Å². The summed E-state index contributed by atoms with van der Waals surface area (Å²) in [5.41, 5.74) is 1.29. The molecular weight excluding hydrogens is 286 g/mol. The molecule has 0 radical (unpaired) electrons. The SMILES string of the molecule is O=S1CCC(NCc2cccc(Br)c2)CC1. The number of hydrogen-bond acceptors (Lipinski definition) is 2. The molecule has 1 N–H and O–H groups in total. The highest BCUT2D eigenvalue weighted by atomic mass is 79.9. The molecule has 1 aliphatic heterocycles. The molecule has 1 aliphatic rings. The molecule has 16 heavy (non-hydrogen) atoms. The Morgan fingerprint density at radius 2 is 2.12 bits per heavy atom. The summed E-state index contributed by atoms with van der Waals surface area (Å²) in [5, 5.41) is 3.53. The van der Waals surface area contributed by atoms with Crippen LogP contribution in [0.5, 0.6) is 0 Å². The fourth-order valence-corrected chi connectivity index (χ4v) is 3.65. The van der Waals surface area contributed by atoms with Crippen LogP contribution in [0.15, 0.2) is 28.7 Å². The zero-order chi connectivity index (χ0) is 11.4. The molecule has 2 rings (SSSR count). The van der Waals surface area contributed by atoms with Gasteiger partial charge in [0.05, 0.1) is 0 Å². The number of hydrogen-bond donors (Lipinski definition) is 1. The monoisotopic (exact) mass is 301 g/mol. The van der Waals surface area contributed by atoms with Crippen molar-refractivity contribution in [1.29, 1.82) is 0 Å². The number of benzene rings is 1. The molecule has 1 aromatic rings. The predicted octanol–water partition coefficient (Wildman–Crippen LogP) is 2.45. The summed E-state index contributed by atoms with van der Waals surface area (Å²) in [6.07, 6.45) is 2.08. The lowest BCUT2D eigenvalue weighted by Gasteiger charge is -2.22. The van der Waals surface area contributed by atoms with E-state index in [0.29, 0.717) is 6.04 Å². The average molecular weight is 302 g/mol. The molecule has 0 amide bonds. The first kappa shape index (κ1) is 12.3. The third kappa shape index (κ3) is 3.68. The van der Waals surface area contributed by atoms with Crippen LogP contribution in [0.1, 0.15) is 18.4 Å². The summed E-state index contributed by atoms with van der Waals surface area (Å²) in [7, 11) is -0.560. The molecule has 1 fully saturated rings. The molecule has 0 aromatic heterocycles. The summed E-state index contributed by atoms with van der Waals surface area (Å²) in [4.78, 5) is 0. The molecule has 0 bridgehead atoms. The van der Waals surface area contributed by atoms with E-state index in [1.807, 2.05) is 6.07 Å². The summed E-state index contributed by atoms with van der Waals surface area (Å²) in [6.45, 7) is 0.900. The lowest BCUT2D eigenvalue weighted by atomic mass is 10.1. The van der Waals surface area contributed by atoms with Gasteiger partial charge in [0.1, 0.15) is 0 Å². The highest BCUT2D eigenvalue weighted by Gasteiger charge is 2.16. The van der Waals surface area contributed by atoms with Crippen molar-refractivity contribution in [2.45, 2.75) is 25.4 Å². The second-order valence-corrected chi connectivity index (χ2v) is 6.74. The van der Waals surface area contributed by atoms with Crippen LogP contribution < -0.4 is 5.32 Å². The maximum atomic E-state index is 11.2. The Hall–Kier alpha value is -0.190. The fourth-order valence-electron chi connectivity index (χ4n) is 1.91. The number of nitrogens with one attached hydrogen (secondary N) is 1. The van der Waals surface area contributed by atoms with Crippen molar-refractivity contribution < 1.29 is 4.21 Å². The lowest BCUT2D eigenvalue weighted by Crippen LogP contribution is -2.35. The Bertz CT molecular complexity index is 373. The van der Waals surface area contributed by atoms with Gasteiger partial charge in [-0.15, -0.1) is 0 Å². The van der Waals surface area contributed by atoms with Gasteiger partial charge in [-0.2, -0.15) is 0 Å². The van der Waals surface area contributed by atoms with Crippen LogP contribution in [0.2, 0.25) is 0 Å². The molecule has 1 aromatic carbocycles. The second-order valence-electron chi connectivity index (χ2n) is 4.13. The maximum Gasteiger partial charge on any atom is 0.0249 e. The normalized spacial score (nSPS) is 25.6. The zero-order valence-corrected chi connectivity index (χ0v) is 11.5. The topological polar surface area (TPSA) is 29.1 Å². The molecule has 0 saturated carbocycles. The van der Waals surface area contributed by atoms with Gasteiger partial charge in [0, 0.05) is 39.4 Å². The summed E-state index contributed by atoms with van der Waals surface area (Å²) >= 11 is 3.47. The van der Waals surface area contributed by atoms with E-state index in [2.05, 4.69) is 39.4 Å². The van der Waals surface area contributed by atoms with E-state index < -0.39 is 10.8 Å². The second kappa shape index (κ2) is 5.94. The van der Waals surface area contributed by atoms with Gasteiger partial charge in [0.25, 0.3) is 0 Å². The molecule has 1 saturated heterocycles. The minimum atomic E-state index is -0.560. The Balaban J connectivity index is 1.81. The Kier molecular flexibility index (Phi) is 4.55. The molecule has 0 atom stereocenters. The first-order valence-corrected chi connectivity index (χ1v) is 7.85. The van der Waals surface area contributed by atoms with Crippen molar-refractivity contribution in [3.05, 3.63) is 34.3 Å². The van der Waals surface area contributed by atoms with Crippen molar-refractivity contribution in [2.75, 3.05) is 11.5 Å². The van der Waals surface area contributed by atoms with Crippen LogP contribution >= 0.6 is 15.9 Å². The van der Waals surface area contributed by atoms with E-state index in [1.165, 1.54) is 5.56 Å². The standard InChI is InChI=1S/C12H16BrNOS/c13-11-3-1-2-10(8-11)9-14-12-4-6-16(15)7-5-12/h1-3,8,12,14H,4-7,9H2. The van der Waals surface area contributed by atoms with Crippen LogP contribution in [0, 0.1) is 0 Å². The van der Waals surface area contributed by atoms with Gasteiger partial charge in [-0.3, -0.25) is 4.21 Å². The van der Waals surface area contributed by atoms with Crippen LogP contribution in [-0.4, -0.2) is 21.8 Å². The lowest BCUT2D eigenvalue weighted by molar-refractivity contribution is 0.475. The zero-order valence-electron chi connectivity index (χ0n) is 9.12. The number of halogens is 1. The van der Waals surface area contributed by atoms with Gasteiger partial charge in [-0.25, -0.2) is 0 Å². The maximum absolute atomic E-state index is 11.2. The highest BCUT2D eigenvalue weighted by molar-refractivity contribution is 9.10. The van der Waals surface area contributed by atoms with Crippen LogP contribution in [0.4, 0.5) is 0 Å². The quantitative estimate of drug-likeness (QED) is 0.929. The Morgan fingerprint density at radius 3 is 2.81 bits per heavy atom. The third-order valence-electron chi connectivity index (χ3n) is 2.87. The minimum Gasteiger partial charge on any atom is -0.310 e. The Labute approximate surface area is 107 Å². The van der Waals surface area contributed by atoms with Gasteiger partial charge in [0.2, 0.25) is 0 Å². The van der Waals surface area contributed by atoms with Crippen molar-refractivity contribution in [1.82, 2.24) is 5.32 Å². The first-order chi connectivity index (χ1) is 7.74. The van der Waals surface area contributed by atoms with Gasteiger partial charge in [0.15, 0.2) is 0 Å². The summed E-state index contributed by atoms with van der Waals surface area (Å²) < 4.78 is 12.3.